The summed E-state index contributed by atoms with van der Waals surface area (Å²) in [6.07, 6.45) is 0. The number of hydrogen-bond acceptors (Lipinski definition) is 2. The zero-order chi connectivity index (χ0) is 9.14. The third-order valence-corrected chi connectivity index (χ3v) is 1.31. The van der Waals surface area contributed by atoms with E-state index in [0.717, 1.165) is 12.1 Å². The van der Waals surface area contributed by atoms with Crippen LogP contribution in [0.4, 0.5) is 4.39 Å². The SMILES string of the molecule is O=C(O)C(=O)c1ccccc1F. The lowest BCUT2D eigenvalue weighted by molar-refractivity contribution is -0.131. The van der Waals surface area contributed by atoms with Gasteiger partial charge in [0.25, 0.3) is 5.78 Å². The average Bonchev–Trinajstić information content (AvgIpc) is 2.04. The minimum absolute atomic E-state index is 0.412. The molecule has 0 unspecified atom stereocenters. The van der Waals surface area contributed by atoms with E-state index in [1.807, 2.05) is 0 Å². The zero-order valence-corrected chi connectivity index (χ0v) is 5.95. The summed E-state index contributed by atoms with van der Waals surface area (Å²) in [5.74, 6) is -3.70. The van der Waals surface area contributed by atoms with Gasteiger partial charge in [0.1, 0.15) is 5.82 Å². The maximum Gasteiger partial charge on any atom is 0.377 e. The van der Waals surface area contributed by atoms with Gasteiger partial charge in [-0.15, -0.1) is 0 Å². The van der Waals surface area contributed by atoms with Crippen molar-refractivity contribution in [2.75, 3.05) is 0 Å². The molecule has 0 saturated heterocycles. The molecular weight excluding hydrogens is 163 g/mol. The topological polar surface area (TPSA) is 54.4 Å². The molecule has 1 aromatic rings. The number of ketones is 1. The van der Waals surface area contributed by atoms with Gasteiger partial charge in [0, 0.05) is 0 Å². The number of halogens is 1. The van der Waals surface area contributed by atoms with Crippen molar-refractivity contribution in [1.82, 2.24) is 0 Å². The van der Waals surface area contributed by atoms with Gasteiger partial charge in [-0.25, -0.2) is 9.18 Å². The smallest absolute Gasteiger partial charge is 0.377 e. The number of Topliss-reactive ketones (excluding diaryl/α,β-unsaturated/α-hetero) is 1. The van der Waals surface area contributed by atoms with Crippen LogP contribution in [0.5, 0.6) is 0 Å². The van der Waals surface area contributed by atoms with E-state index in [1.165, 1.54) is 12.1 Å². The van der Waals surface area contributed by atoms with Crippen molar-refractivity contribution in [1.29, 1.82) is 0 Å². The second-order valence-corrected chi connectivity index (χ2v) is 2.11. The summed E-state index contributed by atoms with van der Waals surface area (Å²) in [6.45, 7) is 0. The van der Waals surface area contributed by atoms with Crippen LogP contribution in [-0.2, 0) is 4.79 Å². The molecular formula is C8H5FO3. The van der Waals surface area contributed by atoms with Crippen molar-refractivity contribution in [2.45, 2.75) is 0 Å². The summed E-state index contributed by atoms with van der Waals surface area (Å²) >= 11 is 0. The first-order valence-electron chi connectivity index (χ1n) is 3.15. The minimum atomic E-state index is -1.65. The molecule has 0 aliphatic heterocycles. The molecule has 0 aliphatic carbocycles. The van der Waals surface area contributed by atoms with Crippen LogP contribution < -0.4 is 0 Å². The van der Waals surface area contributed by atoms with Gasteiger partial charge in [0.15, 0.2) is 0 Å². The van der Waals surface area contributed by atoms with Crippen molar-refractivity contribution >= 4 is 11.8 Å². The van der Waals surface area contributed by atoms with Gasteiger partial charge < -0.3 is 5.11 Å². The number of rotatable bonds is 2. The Morgan fingerprint density at radius 1 is 1.25 bits per heavy atom. The number of carbonyl (C=O) groups excluding carboxylic acids is 1. The van der Waals surface area contributed by atoms with Crippen LogP contribution in [0.15, 0.2) is 24.3 Å². The fraction of sp³-hybridized carbons (Fsp3) is 0. The number of carboxylic acid groups (broad SMARTS) is 1. The predicted molar refractivity (Wildman–Crippen MR) is 38.4 cm³/mol. The molecule has 4 heteroatoms. The van der Waals surface area contributed by atoms with Crippen molar-refractivity contribution in [3.05, 3.63) is 35.6 Å². The highest BCUT2D eigenvalue weighted by molar-refractivity contribution is 6.39. The Morgan fingerprint density at radius 2 is 1.83 bits per heavy atom. The molecule has 0 saturated carbocycles. The lowest BCUT2D eigenvalue weighted by Crippen LogP contribution is -2.14. The monoisotopic (exact) mass is 168 g/mol. The molecule has 1 aromatic carbocycles. The second-order valence-electron chi connectivity index (χ2n) is 2.11. The van der Waals surface area contributed by atoms with E-state index in [4.69, 9.17) is 5.11 Å². The van der Waals surface area contributed by atoms with Gasteiger partial charge in [-0.05, 0) is 12.1 Å². The van der Waals surface area contributed by atoms with Crippen molar-refractivity contribution in [2.24, 2.45) is 0 Å². The third kappa shape index (κ3) is 1.47. The molecule has 1 N–H and O–H groups in total. The first-order chi connectivity index (χ1) is 5.63. The van der Waals surface area contributed by atoms with Gasteiger partial charge in [-0.1, -0.05) is 12.1 Å². The first kappa shape index (κ1) is 8.39. The Hall–Kier alpha value is -1.71. The van der Waals surface area contributed by atoms with Gasteiger partial charge in [0.2, 0.25) is 0 Å². The highest BCUT2D eigenvalue weighted by atomic mass is 19.1. The molecule has 0 spiro atoms. The molecule has 0 radical (unpaired) electrons. The van der Waals surface area contributed by atoms with Crippen LogP contribution in [0.25, 0.3) is 0 Å². The normalized spacial score (nSPS) is 9.42. The molecule has 3 nitrogen and oxygen atoms in total. The van der Waals surface area contributed by atoms with Crippen LogP contribution in [0.3, 0.4) is 0 Å². The van der Waals surface area contributed by atoms with E-state index in [1.54, 1.807) is 0 Å². The van der Waals surface area contributed by atoms with Crippen LogP contribution in [-0.4, -0.2) is 16.9 Å². The molecule has 0 atom stereocenters. The minimum Gasteiger partial charge on any atom is -0.475 e. The first-order valence-corrected chi connectivity index (χ1v) is 3.15. The molecule has 0 fully saturated rings. The maximum atomic E-state index is 12.7. The van der Waals surface area contributed by atoms with E-state index in [-0.39, 0.29) is 0 Å². The lowest BCUT2D eigenvalue weighted by Gasteiger charge is -1.95. The number of aliphatic carboxylic acids is 1. The number of carbonyl (C=O) groups is 2. The highest BCUT2D eigenvalue weighted by Gasteiger charge is 2.17. The van der Waals surface area contributed by atoms with Crippen LogP contribution >= 0.6 is 0 Å². The Labute approximate surface area is 67.4 Å². The van der Waals surface area contributed by atoms with E-state index in [2.05, 4.69) is 0 Å². The fourth-order valence-electron chi connectivity index (χ4n) is 0.761. The summed E-state index contributed by atoms with van der Waals surface area (Å²) in [5.41, 5.74) is -0.412. The van der Waals surface area contributed by atoms with Crippen LogP contribution in [0.1, 0.15) is 10.4 Å². The maximum absolute atomic E-state index is 12.7. The van der Waals surface area contributed by atoms with E-state index in [9.17, 15) is 14.0 Å². The largest absolute Gasteiger partial charge is 0.475 e. The van der Waals surface area contributed by atoms with Gasteiger partial charge in [-0.2, -0.15) is 0 Å². The molecule has 1 rings (SSSR count). The highest BCUT2D eigenvalue weighted by Crippen LogP contribution is 2.06. The molecule has 0 amide bonds. The predicted octanol–water partition coefficient (Wildman–Crippen LogP) is 1.09. The van der Waals surface area contributed by atoms with E-state index in [0.29, 0.717) is 0 Å². The quantitative estimate of drug-likeness (QED) is 0.531. The summed E-state index contributed by atoms with van der Waals surface area (Å²) < 4.78 is 12.7. The van der Waals surface area contributed by atoms with Crippen molar-refractivity contribution < 1.29 is 19.1 Å². The summed E-state index contributed by atoms with van der Waals surface area (Å²) in [4.78, 5) is 20.9. The number of hydrogen-bond donors (Lipinski definition) is 1. The summed E-state index contributed by atoms with van der Waals surface area (Å²) in [7, 11) is 0. The Balaban J connectivity index is 3.11. The van der Waals surface area contributed by atoms with Gasteiger partial charge in [0.05, 0.1) is 5.56 Å². The summed E-state index contributed by atoms with van der Waals surface area (Å²) in [5, 5.41) is 8.24. The van der Waals surface area contributed by atoms with E-state index < -0.39 is 23.1 Å². The molecule has 62 valence electrons. The second kappa shape index (κ2) is 3.13. The fourth-order valence-corrected chi connectivity index (χ4v) is 0.761. The Morgan fingerprint density at radius 3 is 2.33 bits per heavy atom. The van der Waals surface area contributed by atoms with Crippen molar-refractivity contribution in [3.8, 4) is 0 Å². The van der Waals surface area contributed by atoms with Crippen molar-refractivity contribution in [3.63, 3.8) is 0 Å². The Kier molecular flexibility index (Phi) is 2.19. The third-order valence-electron chi connectivity index (χ3n) is 1.31. The molecule has 12 heavy (non-hydrogen) atoms. The zero-order valence-electron chi connectivity index (χ0n) is 5.95. The summed E-state index contributed by atoms with van der Waals surface area (Å²) in [6, 6.07) is 4.95. The molecule has 0 heterocycles. The number of benzene rings is 1. The molecule has 0 bridgehead atoms. The Bertz CT molecular complexity index is 333. The average molecular weight is 168 g/mol. The van der Waals surface area contributed by atoms with E-state index >= 15 is 0 Å². The van der Waals surface area contributed by atoms with Crippen LogP contribution in [0.2, 0.25) is 0 Å². The van der Waals surface area contributed by atoms with Gasteiger partial charge >= 0.3 is 5.97 Å². The van der Waals surface area contributed by atoms with Crippen LogP contribution in [0, 0.1) is 5.82 Å². The van der Waals surface area contributed by atoms with Gasteiger partial charge in [-0.3, -0.25) is 4.79 Å². The standard InChI is InChI=1S/C8H5FO3/c9-6-4-2-1-3-5(6)7(10)8(11)12/h1-4H,(H,11,12). The molecule has 0 aliphatic rings. The molecule has 0 aromatic heterocycles. The lowest BCUT2D eigenvalue weighted by atomic mass is 10.1. The number of carboxylic acids is 1.